The molecule has 4 rings (SSSR count). The van der Waals surface area contributed by atoms with Crippen LogP contribution < -0.4 is 10.1 Å². The minimum atomic E-state index is 0.0603. The Morgan fingerprint density at radius 3 is 2.72 bits per heavy atom. The highest BCUT2D eigenvalue weighted by molar-refractivity contribution is 7.10. The van der Waals surface area contributed by atoms with Gasteiger partial charge >= 0.3 is 0 Å². The van der Waals surface area contributed by atoms with Gasteiger partial charge in [0.1, 0.15) is 5.75 Å². The predicted octanol–water partition coefficient (Wildman–Crippen LogP) is 4.21. The van der Waals surface area contributed by atoms with E-state index in [1.165, 1.54) is 16.7 Å². The molecule has 0 unspecified atom stereocenters. The number of carbonyl (C=O) groups is 1. The van der Waals surface area contributed by atoms with E-state index in [-0.39, 0.29) is 5.91 Å². The molecule has 3 aromatic rings. The summed E-state index contributed by atoms with van der Waals surface area (Å²) < 4.78 is 5.56. The Bertz CT molecular complexity index is 869. The first-order valence-electron chi connectivity index (χ1n) is 8.42. The van der Waals surface area contributed by atoms with E-state index < -0.39 is 0 Å². The van der Waals surface area contributed by atoms with Crippen LogP contribution in [0, 0.1) is 0 Å². The normalized spacial score (nSPS) is 12.5. The van der Waals surface area contributed by atoms with Crippen molar-refractivity contribution in [2.45, 2.75) is 19.4 Å². The zero-order valence-corrected chi connectivity index (χ0v) is 14.6. The summed E-state index contributed by atoms with van der Waals surface area (Å²) in [7, 11) is 0. The molecule has 0 saturated heterocycles. The number of fused-ring (bicyclic) bond motifs is 1. The van der Waals surface area contributed by atoms with E-state index >= 15 is 0 Å². The van der Waals surface area contributed by atoms with Crippen molar-refractivity contribution >= 4 is 17.2 Å². The molecule has 4 heteroatoms. The van der Waals surface area contributed by atoms with Crippen molar-refractivity contribution < 1.29 is 9.53 Å². The SMILES string of the molecule is O=C(Cc1cccs1)NCc1ccc(-c2ccc3c(c2)CCO3)cc1. The van der Waals surface area contributed by atoms with Crippen LogP contribution in [-0.2, 0) is 24.2 Å². The largest absolute Gasteiger partial charge is 0.493 e. The number of thiophene rings is 1. The molecule has 1 aliphatic rings. The molecule has 25 heavy (non-hydrogen) atoms. The van der Waals surface area contributed by atoms with Gasteiger partial charge in [-0.2, -0.15) is 0 Å². The Balaban J connectivity index is 1.38. The van der Waals surface area contributed by atoms with Gasteiger partial charge in [-0.3, -0.25) is 4.79 Å². The van der Waals surface area contributed by atoms with E-state index in [1.807, 2.05) is 17.5 Å². The lowest BCUT2D eigenvalue weighted by molar-refractivity contribution is -0.120. The van der Waals surface area contributed by atoms with Crippen LogP contribution in [-0.4, -0.2) is 12.5 Å². The standard InChI is InChI=1S/C21H19NO2S/c23-21(13-19-2-1-11-25-19)22-14-15-3-5-16(6-4-15)17-7-8-20-18(12-17)9-10-24-20/h1-8,11-12H,9-10,13-14H2,(H,22,23). The molecule has 0 atom stereocenters. The summed E-state index contributed by atoms with van der Waals surface area (Å²) in [6.07, 6.45) is 1.43. The van der Waals surface area contributed by atoms with Gasteiger partial charge in [0, 0.05) is 17.8 Å². The van der Waals surface area contributed by atoms with Crippen LogP contribution in [0.25, 0.3) is 11.1 Å². The van der Waals surface area contributed by atoms with Gasteiger partial charge in [0.05, 0.1) is 13.0 Å². The summed E-state index contributed by atoms with van der Waals surface area (Å²) in [6, 6.07) is 18.7. The Morgan fingerprint density at radius 1 is 1.08 bits per heavy atom. The fraction of sp³-hybridized carbons (Fsp3) is 0.190. The molecule has 1 aliphatic heterocycles. The van der Waals surface area contributed by atoms with E-state index in [9.17, 15) is 4.79 Å². The molecule has 2 heterocycles. The third kappa shape index (κ3) is 3.74. The highest BCUT2D eigenvalue weighted by Gasteiger charge is 2.12. The molecule has 0 fully saturated rings. The van der Waals surface area contributed by atoms with Crippen LogP contribution >= 0.6 is 11.3 Å². The number of rotatable bonds is 5. The number of benzene rings is 2. The monoisotopic (exact) mass is 349 g/mol. The topological polar surface area (TPSA) is 38.3 Å². The maximum Gasteiger partial charge on any atom is 0.225 e. The number of ether oxygens (including phenoxy) is 1. The third-order valence-electron chi connectivity index (χ3n) is 4.38. The first-order chi connectivity index (χ1) is 12.3. The van der Waals surface area contributed by atoms with Gasteiger partial charge in [-0.15, -0.1) is 11.3 Å². The Morgan fingerprint density at radius 2 is 1.92 bits per heavy atom. The molecule has 1 N–H and O–H groups in total. The fourth-order valence-corrected chi connectivity index (χ4v) is 3.72. The van der Waals surface area contributed by atoms with Crippen molar-refractivity contribution in [2.75, 3.05) is 6.61 Å². The summed E-state index contributed by atoms with van der Waals surface area (Å²) in [5.41, 5.74) is 4.77. The van der Waals surface area contributed by atoms with Crippen molar-refractivity contribution in [1.82, 2.24) is 5.32 Å². The molecule has 0 aliphatic carbocycles. The van der Waals surface area contributed by atoms with Crippen molar-refractivity contribution in [3.05, 3.63) is 76.0 Å². The van der Waals surface area contributed by atoms with Gasteiger partial charge in [0.25, 0.3) is 0 Å². The Hall–Kier alpha value is -2.59. The smallest absolute Gasteiger partial charge is 0.225 e. The number of carbonyl (C=O) groups excluding carboxylic acids is 1. The van der Waals surface area contributed by atoms with Crippen molar-refractivity contribution in [3.8, 4) is 16.9 Å². The molecule has 3 nitrogen and oxygen atoms in total. The van der Waals surface area contributed by atoms with E-state index in [0.717, 1.165) is 29.2 Å². The maximum absolute atomic E-state index is 12.0. The van der Waals surface area contributed by atoms with Gasteiger partial charge in [0.2, 0.25) is 5.91 Å². The lowest BCUT2D eigenvalue weighted by Crippen LogP contribution is -2.24. The van der Waals surface area contributed by atoms with Crippen LogP contribution in [0.15, 0.2) is 60.0 Å². The average Bonchev–Trinajstić information content (AvgIpc) is 3.31. The molecule has 0 bridgehead atoms. The molecule has 1 amide bonds. The molecule has 2 aromatic carbocycles. The second-order valence-corrected chi connectivity index (χ2v) is 7.18. The lowest BCUT2D eigenvalue weighted by Gasteiger charge is -2.08. The third-order valence-corrected chi connectivity index (χ3v) is 5.26. The molecule has 1 aromatic heterocycles. The first kappa shape index (κ1) is 15.9. The first-order valence-corrected chi connectivity index (χ1v) is 9.30. The van der Waals surface area contributed by atoms with Crippen LogP contribution in [0.5, 0.6) is 5.75 Å². The fourth-order valence-electron chi connectivity index (χ4n) is 3.02. The van der Waals surface area contributed by atoms with Crippen LogP contribution in [0.3, 0.4) is 0 Å². The maximum atomic E-state index is 12.0. The summed E-state index contributed by atoms with van der Waals surface area (Å²) >= 11 is 1.61. The Labute approximate surface area is 151 Å². The van der Waals surface area contributed by atoms with E-state index in [0.29, 0.717) is 13.0 Å². The molecule has 126 valence electrons. The molecule has 0 spiro atoms. The minimum Gasteiger partial charge on any atom is -0.493 e. The molecule has 0 radical (unpaired) electrons. The number of hydrogen-bond acceptors (Lipinski definition) is 3. The van der Waals surface area contributed by atoms with Gasteiger partial charge in [-0.1, -0.05) is 36.4 Å². The molecule has 0 saturated carbocycles. The lowest BCUT2D eigenvalue weighted by atomic mass is 10.0. The average molecular weight is 349 g/mol. The number of nitrogens with one attached hydrogen (secondary N) is 1. The second kappa shape index (κ2) is 7.11. The van der Waals surface area contributed by atoms with Gasteiger partial charge in [-0.05, 0) is 45.8 Å². The summed E-state index contributed by atoms with van der Waals surface area (Å²) in [6.45, 7) is 1.34. The van der Waals surface area contributed by atoms with E-state index in [4.69, 9.17) is 4.74 Å². The second-order valence-electron chi connectivity index (χ2n) is 6.15. The quantitative estimate of drug-likeness (QED) is 0.749. The molecular weight excluding hydrogens is 330 g/mol. The zero-order chi connectivity index (χ0) is 17.1. The van der Waals surface area contributed by atoms with E-state index in [2.05, 4.69) is 47.8 Å². The van der Waals surface area contributed by atoms with E-state index in [1.54, 1.807) is 11.3 Å². The number of amides is 1. The zero-order valence-electron chi connectivity index (χ0n) is 13.8. The van der Waals surface area contributed by atoms with Crippen LogP contribution in [0.2, 0.25) is 0 Å². The molecular formula is C21H19NO2S. The summed E-state index contributed by atoms with van der Waals surface area (Å²) in [5.74, 6) is 1.07. The van der Waals surface area contributed by atoms with Crippen molar-refractivity contribution in [3.63, 3.8) is 0 Å². The highest BCUT2D eigenvalue weighted by atomic mass is 32.1. The van der Waals surface area contributed by atoms with Gasteiger partial charge < -0.3 is 10.1 Å². The van der Waals surface area contributed by atoms with Gasteiger partial charge in [0.15, 0.2) is 0 Å². The highest BCUT2D eigenvalue weighted by Crippen LogP contribution is 2.30. The summed E-state index contributed by atoms with van der Waals surface area (Å²) in [5, 5.41) is 4.97. The predicted molar refractivity (Wildman–Crippen MR) is 101 cm³/mol. The van der Waals surface area contributed by atoms with Crippen LogP contribution in [0.4, 0.5) is 0 Å². The number of hydrogen-bond donors (Lipinski definition) is 1. The van der Waals surface area contributed by atoms with Crippen LogP contribution in [0.1, 0.15) is 16.0 Å². The van der Waals surface area contributed by atoms with Crippen molar-refractivity contribution in [1.29, 1.82) is 0 Å². The van der Waals surface area contributed by atoms with Crippen molar-refractivity contribution in [2.24, 2.45) is 0 Å². The minimum absolute atomic E-state index is 0.0603. The Kier molecular flexibility index (Phi) is 4.53. The van der Waals surface area contributed by atoms with Gasteiger partial charge in [-0.25, -0.2) is 0 Å². The summed E-state index contributed by atoms with van der Waals surface area (Å²) in [4.78, 5) is 13.1.